The van der Waals surface area contributed by atoms with E-state index in [1.165, 1.54) is 71.2 Å². The second-order valence-corrected chi connectivity index (χ2v) is 5.15. The Kier molecular flexibility index (Phi) is 7.87. The Morgan fingerprint density at radius 3 is 2.50 bits per heavy atom. The van der Waals surface area contributed by atoms with Crippen molar-refractivity contribution in [3.05, 3.63) is 0 Å². The van der Waals surface area contributed by atoms with Gasteiger partial charge in [-0.1, -0.05) is 33.1 Å². The molecule has 96 valence electrons. The van der Waals surface area contributed by atoms with Crippen LogP contribution in [-0.4, -0.2) is 37.6 Å². The van der Waals surface area contributed by atoms with Crippen LogP contribution in [0.4, 0.5) is 0 Å². The van der Waals surface area contributed by atoms with E-state index in [0.29, 0.717) is 0 Å². The van der Waals surface area contributed by atoms with Gasteiger partial charge in [0.2, 0.25) is 0 Å². The third-order valence-corrected chi connectivity index (χ3v) is 3.75. The smallest absolute Gasteiger partial charge is 0.0107 e. The van der Waals surface area contributed by atoms with Crippen LogP contribution in [0.2, 0.25) is 0 Å². The van der Waals surface area contributed by atoms with Crippen molar-refractivity contribution in [2.45, 2.75) is 52.4 Å². The van der Waals surface area contributed by atoms with Crippen LogP contribution in [0, 0.1) is 5.92 Å². The topological polar surface area (TPSA) is 15.3 Å². The largest absolute Gasteiger partial charge is 0.315 e. The number of nitrogens with zero attached hydrogens (tertiary/aromatic N) is 1. The van der Waals surface area contributed by atoms with E-state index in [-0.39, 0.29) is 0 Å². The SMILES string of the molecule is CCCCCNCCN(CC)CC1CCC1. The molecule has 1 fully saturated rings. The number of hydrogen-bond acceptors (Lipinski definition) is 2. The highest BCUT2D eigenvalue weighted by Crippen LogP contribution is 2.26. The predicted octanol–water partition coefficient (Wildman–Crippen LogP) is 2.89. The Bertz CT molecular complexity index is 155. The molecule has 1 N–H and O–H groups in total. The van der Waals surface area contributed by atoms with Crippen LogP contribution in [0.5, 0.6) is 0 Å². The molecule has 0 radical (unpaired) electrons. The molecule has 0 aromatic heterocycles. The monoisotopic (exact) mass is 226 g/mol. The summed E-state index contributed by atoms with van der Waals surface area (Å²) in [6, 6.07) is 0. The third kappa shape index (κ3) is 5.86. The van der Waals surface area contributed by atoms with Crippen molar-refractivity contribution in [1.82, 2.24) is 10.2 Å². The van der Waals surface area contributed by atoms with Gasteiger partial charge in [0.1, 0.15) is 0 Å². The van der Waals surface area contributed by atoms with E-state index in [2.05, 4.69) is 24.1 Å². The molecule has 2 heteroatoms. The van der Waals surface area contributed by atoms with E-state index in [4.69, 9.17) is 0 Å². The van der Waals surface area contributed by atoms with Gasteiger partial charge in [0.25, 0.3) is 0 Å². The number of unbranched alkanes of at least 4 members (excludes halogenated alkanes) is 2. The van der Waals surface area contributed by atoms with Gasteiger partial charge >= 0.3 is 0 Å². The summed E-state index contributed by atoms with van der Waals surface area (Å²) in [4.78, 5) is 2.61. The van der Waals surface area contributed by atoms with Crippen molar-refractivity contribution in [2.75, 3.05) is 32.7 Å². The Balaban J connectivity index is 1.91. The molecule has 2 nitrogen and oxygen atoms in total. The van der Waals surface area contributed by atoms with Crippen LogP contribution in [0.3, 0.4) is 0 Å². The lowest BCUT2D eigenvalue weighted by Gasteiger charge is -2.31. The zero-order valence-corrected chi connectivity index (χ0v) is 11.3. The minimum Gasteiger partial charge on any atom is -0.315 e. The van der Waals surface area contributed by atoms with Gasteiger partial charge in [-0.3, -0.25) is 0 Å². The summed E-state index contributed by atoms with van der Waals surface area (Å²) in [6.45, 7) is 10.7. The first-order chi connectivity index (χ1) is 7.86. The Morgan fingerprint density at radius 1 is 1.12 bits per heavy atom. The fourth-order valence-corrected chi connectivity index (χ4v) is 2.28. The second kappa shape index (κ2) is 9.00. The lowest BCUT2D eigenvalue weighted by atomic mass is 9.85. The van der Waals surface area contributed by atoms with Gasteiger partial charge in [-0.25, -0.2) is 0 Å². The Labute approximate surface area is 102 Å². The summed E-state index contributed by atoms with van der Waals surface area (Å²) in [5.41, 5.74) is 0. The highest BCUT2D eigenvalue weighted by Gasteiger charge is 2.19. The molecule has 0 bridgehead atoms. The molecule has 0 aliphatic heterocycles. The maximum Gasteiger partial charge on any atom is 0.0107 e. The van der Waals surface area contributed by atoms with Crippen molar-refractivity contribution >= 4 is 0 Å². The van der Waals surface area contributed by atoms with Gasteiger partial charge in [0, 0.05) is 19.6 Å². The molecule has 0 heterocycles. The number of hydrogen-bond donors (Lipinski definition) is 1. The molecule has 1 aliphatic carbocycles. The van der Waals surface area contributed by atoms with Gasteiger partial charge in [0.05, 0.1) is 0 Å². The zero-order valence-electron chi connectivity index (χ0n) is 11.3. The minimum absolute atomic E-state index is 1.01. The minimum atomic E-state index is 1.01. The summed E-state index contributed by atoms with van der Waals surface area (Å²) >= 11 is 0. The van der Waals surface area contributed by atoms with Crippen LogP contribution >= 0.6 is 0 Å². The first-order valence-electron chi connectivity index (χ1n) is 7.29. The highest BCUT2D eigenvalue weighted by molar-refractivity contribution is 4.73. The Hall–Kier alpha value is -0.0800. The number of rotatable bonds is 10. The Morgan fingerprint density at radius 2 is 1.94 bits per heavy atom. The normalized spacial score (nSPS) is 16.7. The summed E-state index contributed by atoms with van der Waals surface area (Å²) in [5.74, 6) is 1.01. The van der Waals surface area contributed by atoms with Gasteiger partial charge in [-0.15, -0.1) is 0 Å². The molecule has 1 rings (SSSR count). The fraction of sp³-hybridized carbons (Fsp3) is 1.00. The molecule has 1 aliphatic rings. The molecule has 0 atom stereocenters. The molecule has 0 spiro atoms. The van der Waals surface area contributed by atoms with Crippen molar-refractivity contribution < 1.29 is 0 Å². The molecular formula is C14H30N2. The lowest BCUT2D eigenvalue weighted by Crippen LogP contribution is -2.37. The summed E-state index contributed by atoms with van der Waals surface area (Å²) in [7, 11) is 0. The highest BCUT2D eigenvalue weighted by atomic mass is 15.1. The van der Waals surface area contributed by atoms with Gasteiger partial charge in [-0.2, -0.15) is 0 Å². The molecule has 16 heavy (non-hydrogen) atoms. The third-order valence-electron chi connectivity index (χ3n) is 3.75. The fourth-order valence-electron chi connectivity index (χ4n) is 2.28. The molecular weight excluding hydrogens is 196 g/mol. The van der Waals surface area contributed by atoms with Crippen molar-refractivity contribution in [3.63, 3.8) is 0 Å². The maximum absolute atomic E-state index is 3.55. The van der Waals surface area contributed by atoms with Gasteiger partial charge < -0.3 is 10.2 Å². The van der Waals surface area contributed by atoms with Crippen molar-refractivity contribution in [2.24, 2.45) is 5.92 Å². The van der Waals surface area contributed by atoms with Gasteiger partial charge in [0.15, 0.2) is 0 Å². The predicted molar refractivity (Wildman–Crippen MR) is 71.8 cm³/mol. The van der Waals surface area contributed by atoms with E-state index in [1.54, 1.807) is 0 Å². The molecule has 0 saturated heterocycles. The summed E-state index contributed by atoms with van der Waals surface area (Å²) < 4.78 is 0. The molecule has 1 saturated carbocycles. The van der Waals surface area contributed by atoms with Crippen LogP contribution in [0.25, 0.3) is 0 Å². The van der Waals surface area contributed by atoms with Gasteiger partial charge in [-0.05, 0) is 38.3 Å². The van der Waals surface area contributed by atoms with Crippen LogP contribution < -0.4 is 5.32 Å². The average molecular weight is 226 g/mol. The zero-order chi connectivity index (χ0) is 11.6. The van der Waals surface area contributed by atoms with Crippen LogP contribution in [0.1, 0.15) is 52.4 Å². The first-order valence-corrected chi connectivity index (χ1v) is 7.29. The number of likely N-dealkylation sites (N-methyl/N-ethyl adjacent to an activating group) is 1. The van der Waals surface area contributed by atoms with E-state index < -0.39 is 0 Å². The van der Waals surface area contributed by atoms with E-state index in [1.807, 2.05) is 0 Å². The van der Waals surface area contributed by atoms with Crippen LogP contribution in [0.15, 0.2) is 0 Å². The number of nitrogens with one attached hydrogen (secondary N) is 1. The maximum atomic E-state index is 3.55. The summed E-state index contributed by atoms with van der Waals surface area (Å²) in [6.07, 6.45) is 8.45. The van der Waals surface area contributed by atoms with Crippen molar-refractivity contribution in [3.8, 4) is 0 Å². The summed E-state index contributed by atoms with van der Waals surface area (Å²) in [5, 5.41) is 3.55. The second-order valence-electron chi connectivity index (χ2n) is 5.15. The molecule has 0 unspecified atom stereocenters. The van der Waals surface area contributed by atoms with E-state index in [0.717, 1.165) is 5.92 Å². The van der Waals surface area contributed by atoms with Crippen LogP contribution in [-0.2, 0) is 0 Å². The molecule has 0 aromatic rings. The molecule has 0 aromatic carbocycles. The van der Waals surface area contributed by atoms with E-state index in [9.17, 15) is 0 Å². The van der Waals surface area contributed by atoms with E-state index >= 15 is 0 Å². The first kappa shape index (κ1) is 14.0. The lowest BCUT2D eigenvalue weighted by molar-refractivity contribution is 0.184. The quantitative estimate of drug-likeness (QED) is 0.576. The molecule has 0 amide bonds. The average Bonchev–Trinajstić information content (AvgIpc) is 2.25. The standard InChI is InChI=1S/C14H30N2/c1-3-5-6-10-15-11-12-16(4-2)13-14-8-7-9-14/h14-15H,3-13H2,1-2H3. The van der Waals surface area contributed by atoms with Crippen molar-refractivity contribution in [1.29, 1.82) is 0 Å².